The van der Waals surface area contributed by atoms with Crippen molar-refractivity contribution in [2.45, 2.75) is 13.1 Å². The molecular weight excluding hydrogens is 384 g/mol. The molecule has 0 aliphatic carbocycles. The van der Waals surface area contributed by atoms with Gasteiger partial charge >= 0.3 is 0 Å². The van der Waals surface area contributed by atoms with E-state index < -0.39 is 0 Å². The highest BCUT2D eigenvalue weighted by atomic mass is 16.7. The van der Waals surface area contributed by atoms with Crippen LogP contribution in [0.25, 0.3) is 11.1 Å². The first-order valence-corrected chi connectivity index (χ1v) is 9.62. The predicted octanol–water partition coefficient (Wildman–Crippen LogP) is 3.30. The summed E-state index contributed by atoms with van der Waals surface area (Å²) in [5.41, 5.74) is 4.25. The highest BCUT2D eigenvalue weighted by molar-refractivity contribution is 5.59. The van der Waals surface area contributed by atoms with Gasteiger partial charge in [-0.15, -0.1) is 0 Å². The summed E-state index contributed by atoms with van der Waals surface area (Å²) in [6, 6.07) is 11.9. The molecule has 2 aromatic carbocycles. The molecule has 4 heterocycles. The molecule has 0 amide bonds. The maximum absolute atomic E-state index is 5.45. The lowest BCUT2D eigenvalue weighted by Gasteiger charge is -2.03. The molecule has 8 heteroatoms. The molecule has 0 N–H and O–H groups in total. The van der Waals surface area contributed by atoms with Crippen molar-refractivity contribution in [2.24, 2.45) is 0 Å². The van der Waals surface area contributed by atoms with E-state index in [4.69, 9.17) is 18.9 Å². The molecule has 0 atom stereocenters. The first-order valence-electron chi connectivity index (χ1n) is 9.62. The van der Waals surface area contributed by atoms with Crippen LogP contribution in [0.2, 0.25) is 0 Å². The zero-order valence-electron chi connectivity index (χ0n) is 16.0. The largest absolute Gasteiger partial charge is 0.454 e. The van der Waals surface area contributed by atoms with Crippen LogP contribution in [0.5, 0.6) is 23.0 Å². The number of benzene rings is 2. The van der Waals surface area contributed by atoms with Gasteiger partial charge < -0.3 is 18.9 Å². The maximum atomic E-state index is 5.45. The average molecular weight is 402 g/mol. The highest BCUT2D eigenvalue weighted by Gasteiger charge is 2.15. The topological polar surface area (TPSA) is 72.6 Å². The quantitative estimate of drug-likeness (QED) is 0.510. The summed E-state index contributed by atoms with van der Waals surface area (Å²) in [5, 5.41) is 8.98. The smallest absolute Gasteiger partial charge is 0.231 e. The summed E-state index contributed by atoms with van der Waals surface area (Å²) in [4.78, 5) is 0. The molecule has 150 valence electrons. The van der Waals surface area contributed by atoms with Crippen LogP contribution < -0.4 is 18.9 Å². The van der Waals surface area contributed by atoms with Gasteiger partial charge in [0.05, 0.1) is 25.5 Å². The first-order chi connectivity index (χ1) is 14.8. The Morgan fingerprint density at radius 1 is 0.633 bits per heavy atom. The van der Waals surface area contributed by atoms with Gasteiger partial charge in [-0.05, 0) is 35.4 Å². The summed E-state index contributed by atoms with van der Waals surface area (Å²) in [6.07, 6.45) is 7.75. The van der Waals surface area contributed by atoms with Gasteiger partial charge in [-0.25, -0.2) is 0 Å². The third-order valence-electron chi connectivity index (χ3n) is 5.16. The Bertz CT molecular complexity index is 1130. The summed E-state index contributed by atoms with van der Waals surface area (Å²) < 4.78 is 25.4. The molecule has 6 rings (SSSR count). The Kier molecular flexibility index (Phi) is 3.87. The minimum Gasteiger partial charge on any atom is -0.454 e. The van der Waals surface area contributed by atoms with Crippen LogP contribution >= 0.6 is 0 Å². The van der Waals surface area contributed by atoms with E-state index in [2.05, 4.69) is 10.2 Å². The van der Waals surface area contributed by atoms with Crippen molar-refractivity contribution in [3.05, 3.63) is 72.3 Å². The molecule has 0 saturated carbocycles. The number of rotatable bonds is 5. The van der Waals surface area contributed by atoms with Crippen molar-refractivity contribution >= 4 is 0 Å². The third kappa shape index (κ3) is 3.12. The van der Waals surface area contributed by atoms with E-state index in [1.165, 1.54) is 0 Å². The lowest BCUT2D eigenvalue weighted by atomic mass is 10.2. The van der Waals surface area contributed by atoms with Crippen molar-refractivity contribution in [3.8, 4) is 34.1 Å². The molecule has 2 aliphatic rings. The molecule has 2 aliphatic heterocycles. The van der Waals surface area contributed by atoms with Crippen LogP contribution in [-0.4, -0.2) is 33.1 Å². The van der Waals surface area contributed by atoms with Crippen LogP contribution in [0.4, 0.5) is 0 Å². The Morgan fingerprint density at radius 3 is 1.60 bits per heavy atom. The Balaban J connectivity index is 1.16. The minimum absolute atomic E-state index is 0.279. The van der Waals surface area contributed by atoms with Gasteiger partial charge in [0.25, 0.3) is 0 Å². The number of ether oxygens (including phenoxy) is 4. The molecule has 0 fully saturated rings. The van der Waals surface area contributed by atoms with Gasteiger partial charge in [0, 0.05) is 23.5 Å². The molecule has 4 aromatic rings. The highest BCUT2D eigenvalue weighted by Crippen LogP contribution is 2.33. The Morgan fingerprint density at radius 2 is 1.10 bits per heavy atom. The number of hydrogen-bond donors (Lipinski definition) is 0. The van der Waals surface area contributed by atoms with Gasteiger partial charge in [0.2, 0.25) is 13.6 Å². The second kappa shape index (κ2) is 6.84. The van der Waals surface area contributed by atoms with Crippen LogP contribution in [0.3, 0.4) is 0 Å². The molecular formula is C22H18N4O4. The zero-order valence-corrected chi connectivity index (χ0v) is 16.0. The molecule has 30 heavy (non-hydrogen) atoms. The third-order valence-corrected chi connectivity index (χ3v) is 5.16. The summed E-state index contributed by atoms with van der Waals surface area (Å²) in [5.74, 6) is 3.14. The zero-order chi connectivity index (χ0) is 19.9. The van der Waals surface area contributed by atoms with Crippen molar-refractivity contribution in [1.29, 1.82) is 0 Å². The lowest BCUT2D eigenvalue weighted by molar-refractivity contribution is 0.173. The van der Waals surface area contributed by atoms with E-state index in [1.54, 1.807) is 0 Å². The standard InChI is InChI=1S/C22H18N4O4/c1-3-19-21(29-13-27-19)5-15(1)9-25-11-17(7-23-25)18-8-24-26(12-18)10-16-2-4-20-22(6-16)30-14-28-20/h1-8,11-12H,9-10,13-14H2. The fraction of sp³-hybridized carbons (Fsp3) is 0.182. The number of nitrogens with zero attached hydrogens (tertiary/aromatic N) is 4. The normalized spacial score (nSPS) is 13.7. The van der Waals surface area contributed by atoms with Crippen molar-refractivity contribution < 1.29 is 18.9 Å². The molecule has 8 nitrogen and oxygen atoms in total. The second-order valence-electron chi connectivity index (χ2n) is 7.23. The van der Waals surface area contributed by atoms with E-state index in [9.17, 15) is 0 Å². The number of aromatic nitrogens is 4. The Hall–Kier alpha value is -3.94. The van der Waals surface area contributed by atoms with E-state index in [-0.39, 0.29) is 13.6 Å². The Labute approximate surface area is 172 Å². The van der Waals surface area contributed by atoms with Crippen LogP contribution in [0.15, 0.2) is 61.2 Å². The molecule has 0 radical (unpaired) electrons. The summed E-state index contributed by atoms with van der Waals surface area (Å²) in [6.45, 7) is 1.87. The maximum Gasteiger partial charge on any atom is 0.231 e. The predicted molar refractivity (Wildman–Crippen MR) is 107 cm³/mol. The molecule has 0 saturated heterocycles. The molecule has 0 spiro atoms. The monoisotopic (exact) mass is 402 g/mol. The van der Waals surface area contributed by atoms with Gasteiger partial charge in [-0.2, -0.15) is 10.2 Å². The summed E-state index contributed by atoms with van der Waals surface area (Å²) in [7, 11) is 0. The number of hydrogen-bond acceptors (Lipinski definition) is 6. The van der Waals surface area contributed by atoms with Crippen LogP contribution in [0.1, 0.15) is 11.1 Å². The van der Waals surface area contributed by atoms with Crippen molar-refractivity contribution in [2.75, 3.05) is 13.6 Å². The molecule has 0 unspecified atom stereocenters. The van der Waals surface area contributed by atoms with E-state index in [0.717, 1.165) is 45.3 Å². The van der Waals surface area contributed by atoms with E-state index in [0.29, 0.717) is 13.1 Å². The van der Waals surface area contributed by atoms with E-state index >= 15 is 0 Å². The molecule has 2 aromatic heterocycles. The number of fused-ring (bicyclic) bond motifs is 2. The first kappa shape index (κ1) is 17.0. The fourth-order valence-electron chi connectivity index (χ4n) is 3.65. The van der Waals surface area contributed by atoms with Crippen molar-refractivity contribution in [3.63, 3.8) is 0 Å². The second-order valence-corrected chi connectivity index (χ2v) is 7.23. The lowest BCUT2D eigenvalue weighted by Crippen LogP contribution is -1.99. The van der Waals surface area contributed by atoms with Crippen molar-refractivity contribution in [1.82, 2.24) is 19.6 Å². The minimum atomic E-state index is 0.279. The molecule has 0 bridgehead atoms. The van der Waals surface area contributed by atoms with Gasteiger partial charge in [-0.3, -0.25) is 9.36 Å². The van der Waals surface area contributed by atoms with Gasteiger partial charge in [0.15, 0.2) is 23.0 Å². The SMILES string of the molecule is c1cc2c(cc1Cn1cc(-c3cnn(Cc4ccc5c(c4)OCO5)c3)cn1)OCO2. The summed E-state index contributed by atoms with van der Waals surface area (Å²) >= 11 is 0. The van der Waals surface area contributed by atoms with Crippen LogP contribution in [-0.2, 0) is 13.1 Å². The van der Waals surface area contributed by atoms with Gasteiger partial charge in [0.1, 0.15) is 0 Å². The van der Waals surface area contributed by atoms with Gasteiger partial charge in [-0.1, -0.05) is 12.1 Å². The average Bonchev–Trinajstić information content (AvgIpc) is 3.54. The fourth-order valence-corrected chi connectivity index (χ4v) is 3.65. The van der Waals surface area contributed by atoms with Crippen LogP contribution in [0, 0.1) is 0 Å². The van der Waals surface area contributed by atoms with E-state index in [1.807, 2.05) is 70.5 Å².